The number of amides is 1. The first-order valence-corrected chi connectivity index (χ1v) is 7.90. The van der Waals surface area contributed by atoms with Crippen LogP contribution in [0.25, 0.3) is 0 Å². The third-order valence-corrected chi connectivity index (χ3v) is 4.60. The Labute approximate surface area is 117 Å². The Bertz CT molecular complexity index is 289. The van der Waals surface area contributed by atoms with Crippen LogP contribution in [0.1, 0.15) is 44.9 Å². The molecule has 3 nitrogen and oxygen atoms in total. The van der Waals surface area contributed by atoms with Crippen LogP contribution in [0.2, 0.25) is 0 Å². The number of piperazine rings is 1. The smallest absolute Gasteiger partial charge is 0.222 e. The summed E-state index contributed by atoms with van der Waals surface area (Å²) in [4.78, 5) is 16.6. The van der Waals surface area contributed by atoms with E-state index in [-0.39, 0.29) is 0 Å². The van der Waals surface area contributed by atoms with Crippen LogP contribution < -0.4 is 0 Å². The Morgan fingerprint density at radius 1 is 1.11 bits per heavy atom. The molecule has 108 valence electrons. The van der Waals surface area contributed by atoms with Gasteiger partial charge in [0.15, 0.2) is 0 Å². The molecular formula is C16H28N2O. The zero-order valence-electron chi connectivity index (χ0n) is 12.1. The van der Waals surface area contributed by atoms with Crippen LogP contribution in [0.4, 0.5) is 0 Å². The zero-order valence-corrected chi connectivity index (χ0v) is 12.1. The van der Waals surface area contributed by atoms with Crippen molar-refractivity contribution in [3.63, 3.8) is 0 Å². The molecule has 0 aromatic carbocycles. The summed E-state index contributed by atoms with van der Waals surface area (Å²) in [5.74, 6) is 1.20. The van der Waals surface area contributed by atoms with E-state index in [9.17, 15) is 4.79 Å². The molecule has 0 bridgehead atoms. The lowest BCUT2D eigenvalue weighted by Gasteiger charge is -2.34. The van der Waals surface area contributed by atoms with E-state index in [2.05, 4.69) is 16.4 Å². The van der Waals surface area contributed by atoms with Crippen molar-refractivity contribution in [2.45, 2.75) is 44.9 Å². The lowest BCUT2D eigenvalue weighted by Crippen LogP contribution is -2.48. The predicted molar refractivity (Wildman–Crippen MR) is 79.0 cm³/mol. The van der Waals surface area contributed by atoms with Gasteiger partial charge in [-0.15, -0.1) is 6.58 Å². The average Bonchev–Trinajstić information content (AvgIpc) is 2.47. The number of hydrogen-bond donors (Lipinski definition) is 0. The van der Waals surface area contributed by atoms with Crippen LogP contribution in [0.15, 0.2) is 12.7 Å². The fraction of sp³-hybridized carbons (Fsp3) is 0.812. The summed E-state index contributed by atoms with van der Waals surface area (Å²) in [5, 5.41) is 0. The van der Waals surface area contributed by atoms with Crippen molar-refractivity contribution in [3.8, 4) is 0 Å². The molecule has 0 radical (unpaired) electrons. The largest absolute Gasteiger partial charge is 0.340 e. The van der Waals surface area contributed by atoms with Gasteiger partial charge in [-0.3, -0.25) is 9.69 Å². The molecule has 2 aliphatic rings. The molecule has 0 atom stereocenters. The monoisotopic (exact) mass is 264 g/mol. The standard InChI is InChI=1S/C16H28N2O/c1-2-10-17-11-13-18(14-12-17)16(19)9-8-15-6-4-3-5-7-15/h2,15H,1,3-14H2. The minimum atomic E-state index is 0.379. The molecule has 0 spiro atoms. The first-order valence-electron chi connectivity index (χ1n) is 7.90. The van der Waals surface area contributed by atoms with Gasteiger partial charge >= 0.3 is 0 Å². The fourth-order valence-corrected chi connectivity index (χ4v) is 3.32. The van der Waals surface area contributed by atoms with Gasteiger partial charge in [-0.05, 0) is 12.3 Å². The highest BCUT2D eigenvalue weighted by Crippen LogP contribution is 2.27. The first kappa shape index (κ1) is 14.6. The number of carbonyl (C=O) groups is 1. The summed E-state index contributed by atoms with van der Waals surface area (Å²) in [5.41, 5.74) is 0. The highest BCUT2D eigenvalue weighted by Gasteiger charge is 2.21. The lowest BCUT2D eigenvalue weighted by molar-refractivity contribution is -0.133. The molecule has 2 rings (SSSR count). The van der Waals surface area contributed by atoms with Gasteiger partial charge in [-0.25, -0.2) is 0 Å². The summed E-state index contributed by atoms with van der Waals surface area (Å²) >= 11 is 0. The van der Waals surface area contributed by atoms with Gasteiger partial charge in [-0.1, -0.05) is 38.2 Å². The van der Waals surface area contributed by atoms with Crippen molar-refractivity contribution in [1.82, 2.24) is 9.80 Å². The highest BCUT2D eigenvalue weighted by molar-refractivity contribution is 5.76. The van der Waals surface area contributed by atoms with E-state index >= 15 is 0 Å². The Kier molecular flexibility index (Phi) is 5.90. The second kappa shape index (κ2) is 7.68. The van der Waals surface area contributed by atoms with E-state index in [1.54, 1.807) is 0 Å². The van der Waals surface area contributed by atoms with E-state index in [0.29, 0.717) is 5.91 Å². The van der Waals surface area contributed by atoms with Crippen molar-refractivity contribution in [3.05, 3.63) is 12.7 Å². The van der Waals surface area contributed by atoms with Crippen LogP contribution in [0.3, 0.4) is 0 Å². The summed E-state index contributed by atoms with van der Waals surface area (Å²) in [7, 11) is 0. The maximum Gasteiger partial charge on any atom is 0.222 e. The van der Waals surface area contributed by atoms with Crippen molar-refractivity contribution in [1.29, 1.82) is 0 Å². The van der Waals surface area contributed by atoms with Gasteiger partial charge in [0.2, 0.25) is 5.91 Å². The molecule has 1 saturated heterocycles. The zero-order chi connectivity index (χ0) is 13.5. The maximum atomic E-state index is 12.2. The Morgan fingerprint density at radius 3 is 2.42 bits per heavy atom. The van der Waals surface area contributed by atoms with E-state index in [1.165, 1.54) is 32.1 Å². The van der Waals surface area contributed by atoms with E-state index in [0.717, 1.165) is 51.5 Å². The van der Waals surface area contributed by atoms with Crippen molar-refractivity contribution in [2.24, 2.45) is 5.92 Å². The predicted octanol–water partition coefficient (Wildman–Crippen LogP) is 2.68. The highest BCUT2D eigenvalue weighted by atomic mass is 16.2. The number of nitrogens with zero attached hydrogens (tertiary/aromatic N) is 2. The summed E-state index contributed by atoms with van der Waals surface area (Å²) in [6.07, 6.45) is 10.7. The summed E-state index contributed by atoms with van der Waals surface area (Å²) < 4.78 is 0. The molecule has 1 amide bonds. The third-order valence-electron chi connectivity index (χ3n) is 4.60. The molecule has 1 aliphatic carbocycles. The topological polar surface area (TPSA) is 23.6 Å². The number of rotatable bonds is 5. The van der Waals surface area contributed by atoms with E-state index in [4.69, 9.17) is 0 Å². The van der Waals surface area contributed by atoms with Crippen LogP contribution in [-0.4, -0.2) is 48.4 Å². The summed E-state index contributed by atoms with van der Waals surface area (Å²) in [6, 6.07) is 0. The van der Waals surface area contributed by atoms with Crippen LogP contribution >= 0.6 is 0 Å². The van der Waals surface area contributed by atoms with Crippen LogP contribution in [-0.2, 0) is 4.79 Å². The maximum absolute atomic E-state index is 12.2. The van der Waals surface area contributed by atoms with Gasteiger partial charge in [0.05, 0.1) is 0 Å². The normalized spacial score (nSPS) is 22.4. The quantitative estimate of drug-likeness (QED) is 0.713. The Balaban J connectivity index is 1.64. The van der Waals surface area contributed by atoms with Gasteiger partial charge in [0.1, 0.15) is 0 Å². The average molecular weight is 264 g/mol. The Hall–Kier alpha value is -0.830. The van der Waals surface area contributed by atoms with Crippen molar-refractivity contribution < 1.29 is 4.79 Å². The van der Waals surface area contributed by atoms with E-state index < -0.39 is 0 Å². The first-order chi connectivity index (χ1) is 9.29. The second-order valence-electron chi connectivity index (χ2n) is 6.01. The third kappa shape index (κ3) is 4.64. The fourth-order valence-electron chi connectivity index (χ4n) is 3.32. The van der Waals surface area contributed by atoms with Crippen molar-refractivity contribution in [2.75, 3.05) is 32.7 Å². The minimum absolute atomic E-state index is 0.379. The van der Waals surface area contributed by atoms with Crippen molar-refractivity contribution >= 4 is 5.91 Å². The SMILES string of the molecule is C=CCN1CCN(C(=O)CCC2CCCCC2)CC1. The minimum Gasteiger partial charge on any atom is -0.340 e. The molecule has 19 heavy (non-hydrogen) atoms. The summed E-state index contributed by atoms with van der Waals surface area (Å²) in [6.45, 7) is 8.52. The molecule has 0 aromatic heterocycles. The number of carbonyl (C=O) groups excluding carboxylic acids is 1. The molecule has 0 N–H and O–H groups in total. The molecule has 3 heteroatoms. The van der Waals surface area contributed by atoms with E-state index in [1.807, 2.05) is 6.08 Å². The molecule has 1 aliphatic heterocycles. The van der Waals surface area contributed by atoms with Crippen LogP contribution in [0, 0.1) is 5.92 Å². The Morgan fingerprint density at radius 2 is 1.79 bits per heavy atom. The molecule has 1 heterocycles. The molecule has 1 saturated carbocycles. The second-order valence-corrected chi connectivity index (χ2v) is 6.01. The van der Waals surface area contributed by atoms with Gasteiger partial charge < -0.3 is 4.90 Å². The van der Waals surface area contributed by atoms with Gasteiger partial charge in [-0.2, -0.15) is 0 Å². The molecule has 2 fully saturated rings. The number of hydrogen-bond acceptors (Lipinski definition) is 2. The molecule has 0 aromatic rings. The van der Waals surface area contributed by atoms with Gasteiger partial charge in [0.25, 0.3) is 0 Å². The molecule has 0 unspecified atom stereocenters. The lowest BCUT2D eigenvalue weighted by atomic mass is 9.86. The molecular weight excluding hydrogens is 236 g/mol. The van der Waals surface area contributed by atoms with Crippen LogP contribution in [0.5, 0.6) is 0 Å². The van der Waals surface area contributed by atoms with Gasteiger partial charge in [0, 0.05) is 39.1 Å².